The SMILES string of the molecule is CC1CCn2c(-c3ccccc3Cl)nc(C(=O)O)c2C1. The summed E-state index contributed by atoms with van der Waals surface area (Å²) in [4.78, 5) is 15.7. The summed E-state index contributed by atoms with van der Waals surface area (Å²) in [6.45, 7) is 2.93. The Hall–Kier alpha value is -1.81. The predicted molar refractivity (Wildman–Crippen MR) is 77.1 cm³/mol. The van der Waals surface area contributed by atoms with Gasteiger partial charge in [0, 0.05) is 12.1 Å². The molecule has 2 heterocycles. The lowest BCUT2D eigenvalue weighted by Gasteiger charge is -2.22. The Kier molecular flexibility index (Phi) is 3.26. The number of aromatic nitrogens is 2. The molecule has 1 aromatic heterocycles. The maximum atomic E-state index is 11.4. The zero-order valence-electron chi connectivity index (χ0n) is 11.1. The van der Waals surface area contributed by atoms with Gasteiger partial charge < -0.3 is 9.67 Å². The Morgan fingerprint density at radius 3 is 2.90 bits per heavy atom. The molecule has 4 nitrogen and oxygen atoms in total. The molecule has 104 valence electrons. The molecule has 5 heteroatoms. The Morgan fingerprint density at radius 1 is 1.45 bits per heavy atom. The van der Waals surface area contributed by atoms with Gasteiger partial charge in [-0.3, -0.25) is 0 Å². The summed E-state index contributed by atoms with van der Waals surface area (Å²) >= 11 is 6.22. The number of hydrogen-bond acceptors (Lipinski definition) is 2. The topological polar surface area (TPSA) is 55.1 Å². The zero-order chi connectivity index (χ0) is 14.3. The molecular formula is C15H15ClN2O2. The van der Waals surface area contributed by atoms with Crippen molar-refractivity contribution < 1.29 is 9.90 Å². The fourth-order valence-electron chi connectivity index (χ4n) is 2.74. The number of hydrogen-bond donors (Lipinski definition) is 1. The van der Waals surface area contributed by atoms with Crippen molar-refractivity contribution in [1.29, 1.82) is 0 Å². The summed E-state index contributed by atoms with van der Waals surface area (Å²) in [7, 11) is 0. The normalized spacial score (nSPS) is 17.8. The molecule has 2 aromatic rings. The molecule has 0 aliphatic carbocycles. The van der Waals surface area contributed by atoms with Crippen molar-refractivity contribution in [2.45, 2.75) is 26.3 Å². The van der Waals surface area contributed by atoms with E-state index in [9.17, 15) is 9.90 Å². The van der Waals surface area contributed by atoms with Crippen molar-refractivity contribution in [1.82, 2.24) is 9.55 Å². The van der Waals surface area contributed by atoms with Crippen LogP contribution in [0.4, 0.5) is 0 Å². The maximum Gasteiger partial charge on any atom is 0.356 e. The molecule has 0 radical (unpaired) electrons. The van der Waals surface area contributed by atoms with Crippen molar-refractivity contribution in [2.24, 2.45) is 5.92 Å². The molecule has 3 rings (SSSR count). The van der Waals surface area contributed by atoms with E-state index in [0.717, 1.165) is 30.6 Å². The van der Waals surface area contributed by atoms with Crippen LogP contribution < -0.4 is 0 Å². The minimum absolute atomic E-state index is 0.159. The monoisotopic (exact) mass is 290 g/mol. The Balaban J connectivity index is 2.20. The number of fused-ring (bicyclic) bond motifs is 1. The number of halogens is 1. The number of rotatable bonds is 2. The summed E-state index contributed by atoms with van der Waals surface area (Å²) in [6.07, 6.45) is 1.78. The van der Waals surface area contributed by atoms with Crippen LogP contribution in [-0.2, 0) is 13.0 Å². The van der Waals surface area contributed by atoms with Crippen LogP contribution in [0.2, 0.25) is 5.02 Å². The van der Waals surface area contributed by atoms with Crippen LogP contribution in [0.25, 0.3) is 11.4 Å². The van der Waals surface area contributed by atoms with Gasteiger partial charge in [0.1, 0.15) is 5.82 Å². The second-order valence-electron chi connectivity index (χ2n) is 5.27. The molecule has 1 atom stereocenters. The average molecular weight is 291 g/mol. The van der Waals surface area contributed by atoms with Crippen LogP contribution in [0.3, 0.4) is 0 Å². The fourth-order valence-corrected chi connectivity index (χ4v) is 2.96. The van der Waals surface area contributed by atoms with Gasteiger partial charge in [-0.15, -0.1) is 0 Å². The third kappa shape index (κ3) is 2.10. The highest BCUT2D eigenvalue weighted by Crippen LogP contribution is 2.33. The van der Waals surface area contributed by atoms with Gasteiger partial charge in [-0.1, -0.05) is 30.7 Å². The summed E-state index contributed by atoms with van der Waals surface area (Å²) < 4.78 is 2.00. The van der Waals surface area contributed by atoms with E-state index in [1.165, 1.54) is 0 Å². The number of imidazole rings is 1. The van der Waals surface area contributed by atoms with E-state index in [2.05, 4.69) is 11.9 Å². The zero-order valence-corrected chi connectivity index (χ0v) is 11.9. The van der Waals surface area contributed by atoms with Crippen LogP contribution in [0.15, 0.2) is 24.3 Å². The molecule has 0 amide bonds. The van der Waals surface area contributed by atoms with Gasteiger partial charge in [0.2, 0.25) is 0 Å². The minimum atomic E-state index is -0.971. The molecule has 0 fully saturated rings. The van der Waals surface area contributed by atoms with E-state index in [0.29, 0.717) is 16.8 Å². The number of aromatic carboxylic acids is 1. The van der Waals surface area contributed by atoms with Gasteiger partial charge in [0.15, 0.2) is 5.69 Å². The lowest BCUT2D eigenvalue weighted by Crippen LogP contribution is -2.19. The van der Waals surface area contributed by atoms with Crippen LogP contribution in [0.5, 0.6) is 0 Å². The summed E-state index contributed by atoms with van der Waals surface area (Å²) in [5.41, 5.74) is 1.76. The van der Waals surface area contributed by atoms with Gasteiger partial charge in [0.05, 0.1) is 10.7 Å². The second-order valence-corrected chi connectivity index (χ2v) is 5.67. The van der Waals surface area contributed by atoms with E-state index in [1.807, 2.05) is 22.8 Å². The Morgan fingerprint density at radius 2 is 2.20 bits per heavy atom. The van der Waals surface area contributed by atoms with E-state index in [-0.39, 0.29) is 5.69 Å². The lowest BCUT2D eigenvalue weighted by atomic mass is 9.97. The standard InChI is InChI=1S/C15H15ClN2O2/c1-9-6-7-18-12(8-9)13(15(19)20)17-14(18)10-4-2-3-5-11(10)16/h2-5,9H,6-8H2,1H3,(H,19,20). The van der Waals surface area contributed by atoms with E-state index in [4.69, 9.17) is 11.6 Å². The summed E-state index contributed by atoms with van der Waals surface area (Å²) in [5.74, 6) is 0.174. The lowest BCUT2D eigenvalue weighted by molar-refractivity contribution is 0.0689. The van der Waals surface area contributed by atoms with E-state index < -0.39 is 5.97 Å². The number of nitrogens with zero attached hydrogens (tertiary/aromatic N) is 2. The highest BCUT2D eigenvalue weighted by atomic mass is 35.5. The van der Waals surface area contributed by atoms with Crippen molar-refractivity contribution >= 4 is 17.6 Å². The first-order valence-electron chi connectivity index (χ1n) is 6.65. The molecule has 1 N–H and O–H groups in total. The van der Waals surface area contributed by atoms with Gasteiger partial charge in [-0.25, -0.2) is 9.78 Å². The van der Waals surface area contributed by atoms with Crippen LogP contribution in [-0.4, -0.2) is 20.6 Å². The van der Waals surface area contributed by atoms with Crippen LogP contribution in [0.1, 0.15) is 29.5 Å². The summed E-state index contributed by atoms with van der Waals surface area (Å²) in [6, 6.07) is 7.41. The molecule has 1 aliphatic rings. The first-order valence-corrected chi connectivity index (χ1v) is 7.03. The average Bonchev–Trinajstić information content (AvgIpc) is 2.78. The summed E-state index contributed by atoms with van der Waals surface area (Å²) in [5, 5.41) is 9.94. The third-order valence-electron chi connectivity index (χ3n) is 3.78. The first kappa shape index (κ1) is 13.2. The molecule has 20 heavy (non-hydrogen) atoms. The highest BCUT2D eigenvalue weighted by Gasteiger charge is 2.27. The van der Waals surface area contributed by atoms with Crippen LogP contribution in [0, 0.1) is 5.92 Å². The fraction of sp³-hybridized carbons (Fsp3) is 0.333. The van der Waals surface area contributed by atoms with Gasteiger partial charge in [-0.05, 0) is 30.9 Å². The van der Waals surface area contributed by atoms with Gasteiger partial charge in [-0.2, -0.15) is 0 Å². The Labute approximate surface area is 122 Å². The van der Waals surface area contributed by atoms with Crippen molar-refractivity contribution in [3.8, 4) is 11.4 Å². The number of carboxylic acids is 1. The van der Waals surface area contributed by atoms with Crippen molar-refractivity contribution in [3.63, 3.8) is 0 Å². The smallest absolute Gasteiger partial charge is 0.356 e. The predicted octanol–water partition coefficient (Wildman–Crippen LogP) is 3.48. The molecule has 1 aliphatic heterocycles. The highest BCUT2D eigenvalue weighted by molar-refractivity contribution is 6.33. The first-order chi connectivity index (χ1) is 9.58. The molecule has 0 spiro atoms. The quantitative estimate of drug-likeness (QED) is 0.921. The van der Waals surface area contributed by atoms with Crippen molar-refractivity contribution in [3.05, 3.63) is 40.7 Å². The Bertz CT molecular complexity index is 679. The van der Waals surface area contributed by atoms with E-state index >= 15 is 0 Å². The second kappa shape index (κ2) is 4.94. The number of carboxylic acid groups (broad SMARTS) is 1. The largest absolute Gasteiger partial charge is 0.476 e. The molecule has 1 unspecified atom stereocenters. The molecule has 0 saturated carbocycles. The molecule has 0 bridgehead atoms. The number of benzene rings is 1. The van der Waals surface area contributed by atoms with E-state index in [1.54, 1.807) is 6.07 Å². The molecule has 0 saturated heterocycles. The van der Waals surface area contributed by atoms with Gasteiger partial charge in [0.25, 0.3) is 0 Å². The molecule has 1 aromatic carbocycles. The number of carbonyl (C=O) groups is 1. The van der Waals surface area contributed by atoms with Gasteiger partial charge >= 0.3 is 5.97 Å². The molecular weight excluding hydrogens is 276 g/mol. The minimum Gasteiger partial charge on any atom is -0.476 e. The maximum absolute atomic E-state index is 11.4. The van der Waals surface area contributed by atoms with Crippen LogP contribution >= 0.6 is 11.6 Å². The van der Waals surface area contributed by atoms with Crippen molar-refractivity contribution in [2.75, 3.05) is 0 Å². The third-order valence-corrected chi connectivity index (χ3v) is 4.11.